The maximum absolute atomic E-state index is 4.78. The van der Waals surface area contributed by atoms with Crippen LogP contribution in [0.25, 0.3) is 0 Å². The molecule has 0 spiro atoms. The van der Waals surface area contributed by atoms with Gasteiger partial charge in [-0.1, -0.05) is 18.2 Å². The fourth-order valence-corrected chi connectivity index (χ4v) is 3.16. The third kappa shape index (κ3) is 2.93. The van der Waals surface area contributed by atoms with Crippen molar-refractivity contribution in [2.24, 2.45) is 0 Å². The summed E-state index contributed by atoms with van der Waals surface area (Å²) in [5, 5.41) is 8.16. The molecule has 0 unspecified atom stereocenters. The normalized spacial score (nSPS) is 13.1. The van der Waals surface area contributed by atoms with Gasteiger partial charge >= 0.3 is 0 Å². The summed E-state index contributed by atoms with van der Waals surface area (Å²) in [7, 11) is 1.99. The van der Waals surface area contributed by atoms with Crippen molar-refractivity contribution in [2.75, 3.05) is 23.4 Å². The minimum atomic E-state index is 0.634. The molecule has 4 rings (SSSR count). The largest absolute Gasteiger partial charge is 0.338 e. The van der Waals surface area contributed by atoms with Crippen LogP contribution in [-0.4, -0.2) is 38.3 Å². The van der Waals surface area contributed by atoms with E-state index < -0.39 is 0 Å². The van der Waals surface area contributed by atoms with Crippen LogP contribution < -0.4 is 9.80 Å². The van der Waals surface area contributed by atoms with Gasteiger partial charge in [-0.15, -0.1) is 10.2 Å². The fraction of sp³-hybridized carbons (Fsp3) is 0.333. The number of fused-ring (bicyclic) bond motifs is 1. The molecule has 128 valence electrons. The van der Waals surface area contributed by atoms with Crippen molar-refractivity contribution in [2.45, 2.75) is 26.4 Å². The number of aryl methyl sites for hydroxylation is 1. The lowest BCUT2D eigenvalue weighted by Crippen LogP contribution is -2.22. The predicted octanol–water partition coefficient (Wildman–Crippen LogP) is 2.42. The number of nitrogens with zero attached hydrogens (tertiary/aromatic N) is 7. The summed E-state index contributed by atoms with van der Waals surface area (Å²) >= 11 is 0. The first-order valence-electron chi connectivity index (χ1n) is 8.52. The second-order valence-electron chi connectivity index (χ2n) is 6.13. The van der Waals surface area contributed by atoms with Crippen LogP contribution in [0.5, 0.6) is 0 Å². The molecule has 7 nitrogen and oxygen atoms in total. The van der Waals surface area contributed by atoms with E-state index in [1.165, 1.54) is 5.69 Å². The third-order valence-electron chi connectivity index (χ3n) is 4.52. The average Bonchev–Trinajstić information content (AvgIpc) is 3.28. The van der Waals surface area contributed by atoms with E-state index in [-0.39, 0.29) is 0 Å². The Morgan fingerprint density at radius 2 is 2.04 bits per heavy atom. The Labute approximate surface area is 147 Å². The van der Waals surface area contributed by atoms with E-state index in [9.17, 15) is 0 Å². The van der Waals surface area contributed by atoms with Crippen LogP contribution in [0, 0.1) is 0 Å². The molecule has 0 saturated heterocycles. The molecular formula is C18H21N7. The number of hydrogen-bond donors (Lipinski definition) is 0. The molecule has 0 bridgehead atoms. The van der Waals surface area contributed by atoms with Gasteiger partial charge in [0, 0.05) is 32.2 Å². The molecule has 0 aliphatic carbocycles. The van der Waals surface area contributed by atoms with Crippen LogP contribution >= 0.6 is 0 Å². The van der Waals surface area contributed by atoms with Gasteiger partial charge in [-0.2, -0.15) is 0 Å². The Morgan fingerprint density at radius 1 is 1.20 bits per heavy atom. The Kier molecular flexibility index (Phi) is 4.05. The van der Waals surface area contributed by atoms with Crippen LogP contribution in [-0.2, 0) is 19.5 Å². The first kappa shape index (κ1) is 15.6. The van der Waals surface area contributed by atoms with Crippen molar-refractivity contribution in [1.82, 2.24) is 24.7 Å². The van der Waals surface area contributed by atoms with Gasteiger partial charge in [-0.25, -0.2) is 9.97 Å². The van der Waals surface area contributed by atoms with Crippen molar-refractivity contribution in [3.05, 3.63) is 54.4 Å². The highest BCUT2D eigenvalue weighted by atomic mass is 15.3. The summed E-state index contributed by atoms with van der Waals surface area (Å²) in [5.74, 6) is 1.64. The van der Waals surface area contributed by atoms with E-state index in [2.05, 4.69) is 51.3 Å². The quantitative estimate of drug-likeness (QED) is 0.713. The van der Waals surface area contributed by atoms with E-state index >= 15 is 0 Å². The summed E-state index contributed by atoms with van der Waals surface area (Å²) in [4.78, 5) is 13.6. The summed E-state index contributed by atoms with van der Waals surface area (Å²) in [6.45, 7) is 4.50. The predicted molar refractivity (Wildman–Crippen MR) is 97.0 cm³/mol. The van der Waals surface area contributed by atoms with Crippen molar-refractivity contribution in [3.63, 3.8) is 0 Å². The molecule has 0 radical (unpaired) electrons. The van der Waals surface area contributed by atoms with Gasteiger partial charge in [0.25, 0.3) is 0 Å². The highest BCUT2D eigenvalue weighted by molar-refractivity contribution is 5.68. The second-order valence-corrected chi connectivity index (χ2v) is 6.13. The van der Waals surface area contributed by atoms with E-state index in [0.717, 1.165) is 42.7 Å². The van der Waals surface area contributed by atoms with Gasteiger partial charge < -0.3 is 14.4 Å². The molecule has 1 aliphatic heterocycles. The Hall–Kier alpha value is -2.96. The van der Waals surface area contributed by atoms with Gasteiger partial charge in [-0.3, -0.25) is 0 Å². The van der Waals surface area contributed by atoms with Crippen LogP contribution in [0.15, 0.2) is 42.9 Å². The average molecular weight is 335 g/mol. The van der Waals surface area contributed by atoms with Gasteiger partial charge in [0.15, 0.2) is 5.82 Å². The molecule has 0 N–H and O–H groups in total. The number of benzene rings is 1. The molecule has 0 amide bonds. The summed E-state index contributed by atoms with van der Waals surface area (Å²) in [6.07, 6.45) is 4.61. The summed E-state index contributed by atoms with van der Waals surface area (Å²) < 4.78 is 2.03. The SMILES string of the molecule is CCn1cnnc1CN(C)c1ncc2c(n1)CCN2c1ccccc1. The molecule has 3 aromatic rings. The lowest BCUT2D eigenvalue weighted by atomic mass is 10.3. The topological polar surface area (TPSA) is 63.0 Å². The summed E-state index contributed by atoms with van der Waals surface area (Å²) in [6, 6.07) is 10.4. The van der Waals surface area contributed by atoms with Gasteiger partial charge in [0.1, 0.15) is 6.33 Å². The Balaban J connectivity index is 1.56. The van der Waals surface area contributed by atoms with Crippen molar-refractivity contribution < 1.29 is 0 Å². The molecule has 0 atom stereocenters. The highest BCUT2D eigenvalue weighted by Gasteiger charge is 2.23. The Morgan fingerprint density at radius 3 is 2.84 bits per heavy atom. The molecule has 3 heterocycles. The standard InChI is InChI=1S/C18H21N7/c1-3-24-13-20-22-17(24)12-23(2)18-19-11-16-15(21-18)9-10-25(16)14-7-5-4-6-8-14/h4-8,11,13H,3,9-10,12H2,1-2H3. The molecule has 0 saturated carbocycles. The van der Waals surface area contributed by atoms with Gasteiger partial charge in [0.05, 0.1) is 24.1 Å². The number of para-hydroxylation sites is 1. The minimum Gasteiger partial charge on any atom is -0.338 e. The number of hydrogen-bond acceptors (Lipinski definition) is 6. The van der Waals surface area contributed by atoms with Crippen LogP contribution in [0.4, 0.5) is 17.3 Å². The molecule has 1 aliphatic rings. The number of rotatable bonds is 5. The van der Waals surface area contributed by atoms with Crippen molar-refractivity contribution in [1.29, 1.82) is 0 Å². The third-order valence-corrected chi connectivity index (χ3v) is 4.52. The van der Waals surface area contributed by atoms with E-state index in [1.807, 2.05) is 28.8 Å². The van der Waals surface area contributed by atoms with Crippen LogP contribution in [0.2, 0.25) is 0 Å². The maximum Gasteiger partial charge on any atom is 0.225 e. The van der Waals surface area contributed by atoms with E-state index in [1.54, 1.807) is 6.33 Å². The molecule has 1 aromatic carbocycles. The summed E-state index contributed by atoms with van der Waals surface area (Å²) in [5.41, 5.74) is 3.37. The van der Waals surface area contributed by atoms with Crippen LogP contribution in [0.3, 0.4) is 0 Å². The second kappa shape index (κ2) is 6.51. The highest BCUT2D eigenvalue weighted by Crippen LogP contribution is 2.33. The smallest absolute Gasteiger partial charge is 0.225 e. The van der Waals surface area contributed by atoms with E-state index in [4.69, 9.17) is 4.98 Å². The molecule has 7 heteroatoms. The maximum atomic E-state index is 4.78. The molecule has 0 fully saturated rings. The van der Waals surface area contributed by atoms with Crippen molar-refractivity contribution in [3.8, 4) is 0 Å². The number of anilines is 3. The molecular weight excluding hydrogens is 314 g/mol. The zero-order valence-electron chi connectivity index (χ0n) is 14.5. The Bertz CT molecular complexity index is 859. The monoisotopic (exact) mass is 335 g/mol. The molecule has 2 aromatic heterocycles. The zero-order valence-corrected chi connectivity index (χ0v) is 14.5. The van der Waals surface area contributed by atoms with Gasteiger partial charge in [-0.05, 0) is 19.1 Å². The zero-order chi connectivity index (χ0) is 17.2. The minimum absolute atomic E-state index is 0.634. The fourth-order valence-electron chi connectivity index (χ4n) is 3.16. The van der Waals surface area contributed by atoms with Gasteiger partial charge in [0.2, 0.25) is 5.95 Å². The lowest BCUT2D eigenvalue weighted by molar-refractivity contribution is 0.679. The van der Waals surface area contributed by atoms with Crippen molar-refractivity contribution >= 4 is 17.3 Å². The first-order valence-corrected chi connectivity index (χ1v) is 8.52. The first-order chi connectivity index (χ1) is 12.3. The lowest BCUT2D eigenvalue weighted by Gasteiger charge is -2.20. The van der Waals surface area contributed by atoms with Crippen LogP contribution in [0.1, 0.15) is 18.4 Å². The van der Waals surface area contributed by atoms with E-state index in [0.29, 0.717) is 6.54 Å². The molecule has 25 heavy (non-hydrogen) atoms. The number of aromatic nitrogens is 5.